The van der Waals surface area contributed by atoms with Crippen molar-refractivity contribution in [3.05, 3.63) is 23.4 Å². The van der Waals surface area contributed by atoms with Gasteiger partial charge >= 0.3 is 5.97 Å². The molecule has 5 heteroatoms. The zero-order valence-electron chi connectivity index (χ0n) is 12.9. The Morgan fingerprint density at radius 1 is 1.45 bits per heavy atom. The Labute approximate surface area is 120 Å². The van der Waals surface area contributed by atoms with Crippen LogP contribution in [0.1, 0.15) is 43.2 Å². The molecule has 112 valence electrons. The molecule has 0 aliphatic heterocycles. The van der Waals surface area contributed by atoms with Gasteiger partial charge in [-0.1, -0.05) is 20.8 Å². The molecule has 0 amide bonds. The van der Waals surface area contributed by atoms with Gasteiger partial charge in [0.15, 0.2) is 0 Å². The summed E-state index contributed by atoms with van der Waals surface area (Å²) in [6.07, 6.45) is 0.822. The SMILES string of the molecule is COC(=O)c1ccc(NC(CO)CC(C)(C)C)nc1C. The van der Waals surface area contributed by atoms with Crippen molar-refractivity contribution in [2.75, 3.05) is 19.0 Å². The molecule has 1 unspecified atom stereocenters. The van der Waals surface area contributed by atoms with Gasteiger partial charge in [-0.05, 0) is 30.9 Å². The maximum atomic E-state index is 11.5. The summed E-state index contributed by atoms with van der Waals surface area (Å²) in [6.45, 7) is 8.16. The molecule has 0 aromatic carbocycles. The molecule has 0 saturated carbocycles. The number of nitrogens with one attached hydrogen (secondary N) is 1. The lowest BCUT2D eigenvalue weighted by Crippen LogP contribution is -2.29. The Morgan fingerprint density at radius 3 is 2.55 bits per heavy atom. The third-order valence-electron chi connectivity index (χ3n) is 2.92. The Balaban J connectivity index is 2.82. The van der Waals surface area contributed by atoms with Gasteiger partial charge in [0, 0.05) is 0 Å². The normalized spacial score (nSPS) is 12.9. The molecule has 0 saturated heterocycles. The van der Waals surface area contributed by atoms with Crippen LogP contribution in [0.5, 0.6) is 0 Å². The minimum Gasteiger partial charge on any atom is -0.465 e. The van der Waals surface area contributed by atoms with Crippen LogP contribution < -0.4 is 5.32 Å². The molecule has 0 aliphatic rings. The van der Waals surface area contributed by atoms with Crippen LogP contribution in [-0.4, -0.2) is 35.8 Å². The number of aromatic nitrogens is 1. The van der Waals surface area contributed by atoms with Crippen LogP contribution >= 0.6 is 0 Å². The van der Waals surface area contributed by atoms with Crippen molar-refractivity contribution in [1.82, 2.24) is 4.98 Å². The second-order valence-corrected chi connectivity index (χ2v) is 6.11. The first kappa shape index (κ1) is 16.4. The van der Waals surface area contributed by atoms with E-state index < -0.39 is 5.97 Å². The summed E-state index contributed by atoms with van der Waals surface area (Å²) in [5, 5.41) is 12.6. The van der Waals surface area contributed by atoms with Gasteiger partial charge in [0.1, 0.15) is 5.82 Å². The number of rotatable bonds is 5. The van der Waals surface area contributed by atoms with Crippen LogP contribution in [0.4, 0.5) is 5.82 Å². The highest BCUT2D eigenvalue weighted by Crippen LogP contribution is 2.22. The molecule has 1 heterocycles. The number of methoxy groups -OCH3 is 1. The van der Waals surface area contributed by atoms with Gasteiger partial charge in [-0.25, -0.2) is 9.78 Å². The maximum absolute atomic E-state index is 11.5. The molecule has 1 aromatic heterocycles. The lowest BCUT2D eigenvalue weighted by molar-refractivity contribution is 0.0599. The largest absolute Gasteiger partial charge is 0.465 e. The van der Waals surface area contributed by atoms with Gasteiger partial charge in [-0.15, -0.1) is 0 Å². The molecule has 0 spiro atoms. The van der Waals surface area contributed by atoms with E-state index in [9.17, 15) is 9.90 Å². The number of hydrogen-bond acceptors (Lipinski definition) is 5. The number of ether oxygens (including phenoxy) is 1. The Kier molecular flexibility index (Phi) is 5.51. The third-order valence-corrected chi connectivity index (χ3v) is 2.92. The fourth-order valence-electron chi connectivity index (χ4n) is 2.08. The summed E-state index contributed by atoms with van der Waals surface area (Å²) >= 11 is 0. The first-order valence-corrected chi connectivity index (χ1v) is 6.70. The van der Waals surface area contributed by atoms with E-state index in [1.54, 1.807) is 19.1 Å². The number of carbonyl (C=O) groups is 1. The average Bonchev–Trinajstić information content (AvgIpc) is 2.35. The number of esters is 1. The van der Waals surface area contributed by atoms with Gasteiger partial charge in [0.25, 0.3) is 0 Å². The highest BCUT2D eigenvalue weighted by atomic mass is 16.5. The Bertz CT molecular complexity index is 467. The molecule has 0 aliphatic carbocycles. The molecule has 0 fully saturated rings. The topological polar surface area (TPSA) is 71.5 Å². The highest BCUT2D eigenvalue weighted by Gasteiger charge is 2.19. The van der Waals surface area contributed by atoms with E-state index in [1.807, 2.05) is 0 Å². The zero-order chi connectivity index (χ0) is 15.3. The first-order chi connectivity index (χ1) is 9.26. The van der Waals surface area contributed by atoms with E-state index in [2.05, 4.69) is 35.8 Å². The van der Waals surface area contributed by atoms with Crippen LogP contribution in [0, 0.1) is 12.3 Å². The predicted octanol–water partition coefficient (Wildman–Crippen LogP) is 2.39. The third kappa shape index (κ3) is 4.81. The molecule has 1 rings (SSSR count). The second-order valence-electron chi connectivity index (χ2n) is 6.11. The standard InChI is InChI=1S/C15H24N2O3/c1-10-12(14(19)20-5)6-7-13(16-10)17-11(9-18)8-15(2,3)4/h6-7,11,18H,8-9H2,1-5H3,(H,16,17). The van der Waals surface area contributed by atoms with Crippen molar-refractivity contribution in [2.45, 2.75) is 40.2 Å². The van der Waals surface area contributed by atoms with Crippen LogP contribution in [-0.2, 0) is 4.74 Å². The lowest BCUT2D eigenvalue weighted by Gasteiger charge is -2.26. The number of aliphatic hydroxyl groups excluding tert-OH is 1. The number of aryl methyl sites for hydroxylation is 1. The Morgan fingerprint density at radius 2 is 2.10 bits per heavy atom. The molecule has 0 radical (unpaired) electrons. The molecule has 5 nitrogen and oxygen atoms in total. The second kappa shape index (κ2) is 6.70. The van der Waals surface area contributed by atoms with Gasteiger partial charge < -0.3 is 15.2 Å². The molecule has 2 N–H and O–H groups in total. The van der Waals surface area contributed by atoms with Gasteiger partial charge in [0.2, 0.25) is 0 Å². The summed E-state index contributed by atoms with van der Waals surface area (Å²) < 4.78 is 4.69. The quantitative estimate of drug-likeness (QED) is 0.810. The minimum atomic E-state index is -0.394. The number of nitrogens with zero attached hydrogens (tertiary/aromatic N) is 1. The first-order valence-electron chi connectivity index (χ1n) is 6.70. The maximum Gasteiger partial charge on any atom is 0.339 e. The monoisotopic (exact) mass is 280 g/mol. The molecule has 0 bridgehead atoms. The molecule has 1 atom stereocenters. The summed E-state index contributed by atoms with van der Waals surface area (Å²) in [4.78, 5) is 15.8. The average molecular weight is 280 g/mol. The van der Waals surface area contributed by atoms with Crippen molar-refractivity contribution in [2.24, 2.45) is 5.41 Å². The number of anilines is 1. The van der Waals surface area contributed by atoms with E-state index in [0.29, 0.717) is 17.1 Å². The number of hydrogen-bond donors (Lipinski definition) is 2. The van der Waals surface area contributed by atoms with Crippen molar-refractivity contribution in [1.29, 1.82) is 0 Å². The van der Waals surface area contributed by atoms with E-state index >= 15 is 0 Å². The molecule has 1 aromatic rings. The van der Waals surface area contributed by atoms with Crippen LogP contribution in [0.2, 0.25) is 0 Å². The van der Waals surface area contributed by atoms with Gasteiger partial charge in [-0.2, -0.15) is 0 Å². The minimum absolute atomic E-state index is 0.0384. The lowest BCUT2D eigenvalue weighted by atomic mass is 9.88. The summed E-state index contributed by atoms with van der Waals surface area (Å²) in [5.74, 6) is 0.258. The fraction of sp³-hybridized carbons (Fsp3) is 0.600. The van der Waals surface area contributed by atoms with Gasteiger partial charge in [0.05, 0.1) is 31.0 Å². The van der Waals surface area contributed by atoms with Crippen molar-refractivity contribution in [3.8, 4) is 0 Å². The van der Waals surface area contributed by atoms with Crippen molar-refractivity contribution < 1.29 is 14.6 Å². The van der Waals surface area contributed by atoms with E-state index in [4.69, 9.17) is 0 Å². The number of aliphatic hydroxyl groups is 1. The van der Waals surface area contributed by atoms with Crippen LogP contribution in [0.15, 0.2) is 12.1 Å². The van der Waals surface area contributed by atoms with Crippen LogP contribution in [0.25, 0.3) is 0 Å². The van der Waals surface area contributed by atoms with Crippen LogP contribution in [0.3, 0.4) is 0 Å². The molecular weight excluding hydrogens is 256 g/mol. The van der Waals surface area contributed by atoms with Crippen molar-refractivity contribution >= 4 is 11.8 Å². The smallest absolute Gasteiger partial charge is 0.339 e. The van der Waals surface area contributed by atoms with E-state index in [-0.39, 0.29) is 18.1 Å². The highest BCUT2D eigenvalue weighted by molar-refractivity contribution is 5.90. The number of pyridine rings is 1. The fourth-order valence-corrected chi connectivity index (χ4v) is 2.08. The summed E-state index contributed by atoms with van der Waals surface area (Å²) in [7, 11) is 1.35. The molecular formula is C15H24N2O3. The Hall–Kier alpha value is -1.62. The summed E-state index contributed by atoms with van der Waals surface area (Å²) in [5.41, 5.74) is 1.17. The van der Waals surface area contributed by atoms with Gasteiger partial charge in [-0.3, -0.25) is 0 Å². The zero-order valence-corrected chi connectivity index (χ0v) is 12.9. The summed E-state index contributed by atoms with van der Waals surface area (Å²) in [6, 6.07) is 3.35. The predicted molar refractivity (Wildman–Crippen MR) is 78.9 cm³/mol. The number of carbonyl (C=O) groups excluding carboxylic acids is 1. The van der Waals surface area contributed by atoms with E-state index in [0.717, 1.165) is 6.42 Å². The van der Waals surface area contributed by atoms with Crippen molar-refractivity contribution in [3.63, 3.8) is 0 Å². The molecule has 20 heavy (non-hydrogen) atoms. The van der Waals surface area contributed by atoms with E-state index in [1.165, 1.54) is 7.11 Å².